The number of hydrogen-bond acceptors (Lipinski definition) is 4. The summed E-state index contributed by atoms with van der Waals surface area (Å²) in [7, 11) is 0. The SMILES string of the molecule is O=C(Nc1ccccc1)c1cc2ccccc2o/c1=N\NC(=S)Nc1ccccc1. The van der Waals surface area contributed by atoms with Gasteiger partial charge in [0.05, 0.1) is 0 Å². The van der Waals surface area contributed by atoms with Crippen LogP contribution in [0.15, 0.2) is 101 Å². The van der Waals surface area contributed by atoms with E-state index in [1.807, 2.05) is 84.9 Å². The Balaban J connectivity index is 1.64. The number of anilines is 2. The van der Waals surface area contributed by atoms with Gasteiger partial charge in [0.2, 0.25) is 5.55 Å². The molecule has 0 aliphatic rings. The van der Waals surface area contributed by atoms with Crippen LogP contribution in [0.4, 0.5) is 11.4 Å². The minimum atomic E-state index is -0.335. The molecule has 0 aliphatic heterocycles. The highest BCUT2D eigenvalue weighted by Gasteiger charge is 2.13. The zero-order valence-corrected chi connectivity index (χ0v) is 16.6. The molecule has 1 amide bonds. The number of hydrogen-bond donors (Lipinski definition) is 3. The smallest absolute Gasteiger partial charge is 0.261 e. The summed E-state index contributed by atoms with van der Waals surface area (Å²) in [6.45, 7) is 0. The normalized spacial score (nSPS) is 11.1. The van der Waals surface area contributed by atoms with Gasteiger partial charge in [-0.2, -0.15) is 0 Å². The summed E-state index contributed by atoms with van der Waals surface area (Å²) in [5.41, 5.74) is 5.26. The molecular formula is C23H18N4O2S. The first-order valence-corrected chi connectivity index (χ1v) is 9.65. The van der Waals surface area contributed by atoms with Crippen LogP contribution in [0.2, 0.25) is 0 Å². The van der Waals surface area contributed by atoms with Crippen molar-refractivity contribution in [2.45, 2.75) is 0 Å². The Hall–Kier alpha value is -3.97. The van der Waals surface area contributed by atoms with Gasteiger partial charge in [0.1, 0.15) is 11.1 Å². The summed E-state index contributed by atoms with van der Waals surface area (Å²) in [4.78, 5) is 12.9. The van der Waals surface area contributed by atoms with E-state index in [0.29, 0.717) is 11.3 Å². The number of nitrogens with zero attached hydrogens (tertiary/aromatic N) is 1. The van der Waals surface area contributed by atoms with Crippen molar-refractivity contribution in [2.75, 3.05) is 10.6 Å². The second-order valence-electron chi connectivity index (χ2n) is 6.37. The number of para-hydroxylation sites is 3. The van der Waals surface area contributed by atoms with Crippen molar-refractivity contribution in [1.82, 2.24) is 5.43 Å². The van der Waals surface area contributed by atoms with Crippen LogP contribution in [0.5, 0.6) is 0 Å². The molecule has 4 rings (SSSR count). The maximum absolute atomic E-state index is 12.9. The van der Waals surface area contributed by atoms with E-state index in [9.17, 15) is 4.79 Å². The second kappa shape index (κ2) is 9.02. The molecule has 3 N–H and O–H groups in total. The average Bonchev–Trinajstić information content (AvgIpc) is 2.78. The van der Waals surface area contributed by atoms with Gasteiger partial charge in [-0.25, -0.2) is 5.43 Å². The number of carbonyl (C=O) groups is 1. The zero-order valence-electron chi connectivity index (χ0n) is 15.8. The number of rotatable bonds is 4. The first kappa shape index (κ1) is 19.4. The van der Waals surface area contributed by atoms with Gasteiger partial charge in [-0.1, -0.05) is 54.6 Å². The molecule has 30 heavy (non-hydrogen) atoms. The molecule has 148 valence electrons. The maximum Gasteiger partial charge on any atom is 0.261 e. The van der Waals surface area contributed by atoms with E-state index in [1.165, 1.54) is 0 Å². The van der Waals surface area contributed by atoms with E-state index in [-0.39, 0.29) is 22.1 Å². The lowest BCUT2D eigenvalue weighted by Crippen LogP contribution is -2.29. The fraction of sp³-hybridized carbons (Fsp3) is 0. The number of nitrogens with one attached hydrogen (secondary N) is 3. The van der Waals surface area contributed by atoms with Crippen molar-refractivity contribution in [3.63, 3.8) is 0 Å². The first-order valence-electron chi connectivity index (χ1n) is 9.24. The van der Waals surface area contributed by atoms with Gasteiger partial charge in [-0.3, -0.25) is 4.79 Å². The molecule has 0 radical (unpaired) electrons. The fourth-order valence-electron chi connectivity index (χ4n) is 2.82. The average molecular weight is 414 g/mol. The topological polar surface area (TPSA) is 78.7 Å². The van der Waals surface area contributed by atoms with E-state index in [1.54, 1.807) is 6.07 Å². The number of carbonyl (C=O) groups excluding carboxylic acids is 1. The van der Waals surface area contributed by atoms with Gasteiger partial charge in [0.25, 0.3) is 5.91 Å². The number of fused-ring (bicyclic) bond motifs is 1. The highest BCUT2D eigenvalue weighted by atomic mass is 32.1. The van der Waals surface area contributed by atoms with Gasteiger partial charge in [0.15, 0.2) is 5.11 Å². The van der Waals surface area contributed by atoms with Gasteiger partial charge >= 0.3 is 0 Å². The van der Waals surface area contributed by atoms with Crippen molar-refractivity contribution in [3.05, 3.63) is 102 Å². The molecule has 7 heteroatoms. The molecule has 0 fully saturated rings. The van der Waals surface area contributed by atoms with Crippen LogP contribution in [0, 0.1) is 0 Å². The zero-order chi connectivity index (χ0) is 20.8. The van der Waals surface area contributed by atoms with Crippen molar-refractivity contribution in [1.29, 1.82) is 0 Å². The molecule has 6 nitrogen and oxygen atoms in total. The Morgan fingerprint density at radius 3 is 2.10 bits per heavy atom. The fourth-order valence-corrected chi connectivity index (χ4v) is 2.98. The minimum absolute atomic E-state index is 0.124. The molecule has 0 saturated carbocycles. The lowest BCUT2D eigenvalue weighted by molar-refractivity contribution is 0.102. The summed E-state index contributed by atoms with van der Waals surface area (Å²) in [5.74, 6) is -0.335. The van der Waals surface area contributed by atoms with Crippen molar-refractivity contribution in [2.24, 2.45) is 5.10 Å². The van der Waals surface area contributed by atoms with E-state index in [4.69, 9.17) is 16.6 Å². The van der Waals surface area contributed by atoms with E-state index < -0.39 is 0 Å². The predicted molar refractivity (Wildman–Crippen MR) is 122 cm³/mol. The molecule has 0 bridgehead atoms. The van der Waals surface area contributed by atoms with Crippen LogP contribution >= 0.6 is 12.2 Å². The molecule has 3 aromatic carbocycles. The van der Waals surface area contributed by atoms with Crippen molar-refractivity contribution >= 4 is 45.6 Å². The minimum Gasteiger partial charge on any atom is -0.436 e. The summed E-state index contributed by atoms with van der Waals surface area (Å²) >= 11 is 5.29. The van der Waals surface area contributed by atoms with Gasteiger partial charge in [-0.05, 0) is 48.6 Å². The number of amides is 1. The first-order chi connectivity index (χ1) is 14.7. The van der Waals surface area contributed by atoms with Gasteiger partial charge in [-0.15, -0.1) is 5.10 Å². The Morgan fingerprint density at radius 2 is 1.40 bits per heavy atom. The van der Waals surface area contributed by atoms with Crippen LogP contribution in [-0.4, -0.2) is 11.0 Å². The standard InChI is InChI=1S/C23H18N4O2S/c28-21(24-17-10-3-1-4-11-17)19-15-16-9-7-8-14-20(16)29-22(19)26-27-23(30)25-18-12-5-2-6-13-18/h1-15H,(H,24,28)(H2,25,27,30)/b26-22-. The van der Waals surface area contributed by atoms with Gasteiger partial charge < -0.3 is 15.1 Å². The van der Waals surface area contributed by atoms with E-state index in [0.717, 1.165) is 11.1 Å². The molecule has 1 heterocycles. The van der Waals surface area contributed by atoms with Crippen molar-refractivity contribution in [3.8, 4) is 0 Å². The summed E-state index contributed by atoms with van der Waals surface area (Å²) < 4.78 is 5.87. The molecule has 0 atom stereocenters. The lowest BCUT2D eigenvalue weighted by Gasteiger charge is -2.08. The van der Waals surface area contributed by atoms with Crippen LogP contribution in [0.1, 0.15) is 10.4 Å². The summed E-state index contributed by atoms with van der Waals surface area (Å²) in [5, 5.41) is 11.2. The highest BCUT2D eigenvalue weighted by molar-refractivity contribution is 7.80. The molecule has 0 unspecified atom stereocenters. The van der Waals surface area contributed by atoms with Crippen LogP contribution in [0.3, 0.4) is 0 Å². The Bertz CT molecular complexity index is 1250. The maximum atomic E-state index is 12.9. The second-order valence-corrected chi connectivity index (χ2v) is 6.78. The largest absolute Gasteiger partial charge is 0.436 e. The Labute approximate surface area is 178 Å². The Kier molecular flexibility index (Phi) is 5.82. The molecule has 0 aliphatic carbocycles. The molecular weight excluding hydrogens is 396 g/mol. The lowest BCUT2D eigenvalue weighted by atomic mass is 10.1. The monoisotopic (exact) mass is 414 g/mol. The quantitative estimate of drug-likeness (QED) is 0.339. The third kappa shape index (κ3) is 4.71. The molecule has 1 aromatic heterocycles. The summed E-state index contributed by atoms with van der Waals surface area (Å²) in [6, 6.07) is 27.8. The molecule has 4 aromatic rings. The van der Waals surface area contributed by atoms with E-state index >= 15 is 0 Å². The van der Waals surface area contributed by atoms with Crippen LogP contribution < -0.4 is 21.6 Å². The van der Waals surface area contributed by atoms with Crippen molar-refractivity contribution < 1.29 is 9.21 Å². The summed E-state index contributed by atoms with van der Waals surface area (Å²) in [6.07, 6.45) is 0. The number of thiocarbonyl (C=S) groups is 1. The van der Waals surface area contributed by atoms with Crippen LogP contribution in [0.25, 0.3) is 11.0 Å². The van der Waals surface area contributed by atoms with Crippen LogP contribution in [-0.2, 0) is 0 Å². The number of benzene rings is 3. The Morgan fingerprint density at radius 1 is 0.800 bits per heavy atom. The third-order valence-electron chi connectivity index (χ3n) is 4.22. The van der Waals surface area contributed by atoms with E-state index in [2.05, 4.69) is 21.2 Å². The predicted octanol–water partition coefficient (Wildman–Crippen LogP) is 4.49. The third-order valence-corrected chi connectivity index (χ3v) is 4.42. The molecule has 0 saturated heterocycles. The molecule has 0 spiro atoms. The van der Waals surface area contributed by atoms with Gasteiger partial charge in [0, 0.05) is 16.8 Å². The highest BCUT2D eigenvalue weighted by Crippen LogP contribution is 2.14.